The normalized spacial score (nSPS) is 21.1. The molecule has 0 aliphatic carbocycles. The zero-order chi connectivity index (χ0) is 15.5. The molecule has 0 aromatic carbocycles. The fraction of sp³-hybridized carbons (Fsp3) is 0.667. The number of carbonyl (C=O) groups is 1. The Kier molecular flexibility index (Phi) is 4.65. The minimum absolute atomic E-state index is 0.292. The van der Waals surface area contributed by atoms with E-state index in [2.05, 4.69) is 9.97 Å². The molecule has 1 saturated heterocycles. The number of carboxylic acids is 1. The van der Waals surface area contributed by atoms with Gasteiger partial charge in [-0.3, -0.25) is 0 Å². The molecule has 2 rings (SSSR count). The summed E-state index contributed by atoms with van der Waals surface area (Å²) < 4.78 is 5.51. The molecule has 0 amide bonds. The van der Waals surface area contributed by atoms with Crippen LogP contribution in [0, 0.1) is 5.41 Å². The quantitative estimate of drug-likeness (QED) is 0.898. The first-order valence-electron chi connectivity index (χ1n) is 7.40. The van der Waals surface area contributed by atoms with Crippen LogP contribution in [0.4, 0.5) is 5.82 Å². The van der Waals surface area contributed by atoms with Crippen molar-refractivity contribution in [1.82, 2.24) is 9.97 Å². The molecule has 1 aromatic rings. The first kappa shape index (κ1) is 15.5. The lowest BCUT2D eigenvalue weighted by Gasteiger charge is -2.44. The fourth-order valence-electron chi connectivity index (χ4n) is 2.88. The third-order valence-electron chi connectivity index (χ3n) is 3.88. The molecule has 1 aromatic heterocycles. The van der Waals surface area contributed by atoms with Gasteiger partial charge in [-0.05, 0) is 24.7 Å². The minimum Gasteiger partial charge on any atom is -0.480 e. The van der Waals surface area contributed by atoms with Crippen LogP contribution in [0.2, 0.25) is 0 Å². The third-order valence-corrected chi connectivity index (χ3v) is 3.88. The second-order valence-corrected chi connectivity index (χ2v) is 6.09. The average Bonchev–Trinajstić information content (AvgIpc) is 2.43. The van der Waals surface area contributed by atoms with E-state index in [1.807, 2.05) is 25.7 Å². The summed E-state index contributed by atoms with van der Waals surface area (Å²) in [7, 11) is 0. The van der Waals surface area contributed by atoms with Crippen molar-refractivity contribution in [3.05, 3.63) is 12.4 Å². The van der Waals surface area contributed by atoms with Gasteiger partial charge in [-0.25, -0.2) is 14.8 Å². The van der Waals surface area contributed by atoms with Gasteiger partial charge < -0.3 is 14.7 Å². The maximum Gasteiger partial charge on any atom is 0.326 e. The van der Waals surface area contributed by atoms with Crippen LogP contribution in [0.15, 0.2) is 12.4 Å². The first-order valence-corrected chi connectivity index (χ1v) is 7.40. The number of anilines is 1. The lowest BCUT2D eigenvalue weighted by molar-refractivity contribution is -0.142. The van der Waals surface area contributed by atoms with Gasteiger partial charge in [-0.15, -0.1) is 0 Å². The Morgan fingerprint density at radius 3 is 2.95 bits per heavy atom. The monoisotopic (exact) mass is 293 g/mol. The van der Waals surface area contributed by atoms with Gasteiger partial charge in [0.25, 0.3) is 0 Å². The Morgan fingerprint density at radius 1 is 1.52 bits per heavy atom. The van der Waals surface area contributed by atoms with Crippen molar-refractivity contribution >= 4 is 11.8 Å². The van der Waals surface area contributed by atoms with Crippen molar-refractivity contribution in [3.8, 4) is 5.88 Å². The van der Waals surface area contributed by atoms with E-state index in [9.17, 15) is 9.90 Å². The molecule has 1 aliphatic rings. The molecule has 1 atom stereocenters. The van der Waals surface area contributed by atoms with Crippen LogP contribution in [0.3, 0.4) is 0 Å². The van der Waals surface area contributed by atoms with Crippen molar-refractivity contribution in [2.75, 3.05) is 18.1 Å². The minimum atomic E-state index is -0.811. The number of hydrogen-bond donors (Lipinski definition) is 1. The van der Waals surface area contributed by atoms with E-state index in [0.717, 1.165) is 19.3 Å². The predicted octanol–water partition coefficient (Wildman–Crippen LogP) is 2.34. The number of ether oxygens (including phenoxy) is 1. The molecule has 1 aliphatic heterocycles. The number of rotatable bonds is 5. The lowest BCUT2D eigenvalue weighted by atomic mass is 9.76. The van der Waals surface area contributed by atoms with E-state index in [1.54, 1.807) is 6.07 Å². The summed E-state index contributed by atoms with van der Waals surface area (Å²) in [6.45, 7) is 7.28. The maximum absolute atomic E-state index is 11.7. The number of nitrogens with zero attached hydrogens (tertiary/aromatic N) is 3. The van der Waals surface area contributed by atoms with Gasteiger partial charge in [0.05, 0.1) is 6.61 Å². The highest BCUT2D eigenvalue weighted by Crippen LogP contribution is 2.37. The Labute approximate surface area is 125 Å². The van der Waals surface area contributed by atoms with Crippen LogP contribution < -0.4 is 9.64 Å². The van der Waals surface area contributed by atoms with Crippen LogP contribution >= 0.6 is 0 Å². The highest BCUT2D eigenvalue weighted by Gasteiger charge is 2.43. The van der Waals surface area contributed by atoms with E-state index in [4.69, 9.17) is 4.74 Å². The molecule has 1 N–H and O–H groups in total. The maximum atomic E-state index is 11.7. The summed E-state index contributed by atoms with van der Waals surface area (Å²) in [5.41, 5.74) is -0.292. The fourth-order valence-corrected chi connectivity index (χ4v) is 2.88. The van der Waals surface area contributed by atoms with Crippen LogP contribution in [0.1, 0.15) is 40.0 Å². The van der Waals surface area contributed by atoms with Crippen LogP contribution in [0.25, 0.3) is 0 Å². The molecule has 0 bridgehead atoms. The number of hydrogen-bond acceptors (Lipinski definition) is 5. The highest BCUT2D eigenvalue weighted by atomic mass is 16.5. The summed E-state index contributed by atoms with van der Waals surface area (Å²) in [4.78, 5) is 21.9. The molecule has 0 spiro atoms. The Bertz CT molecular complexity index is 505. The second kappa shape index (κ2) is 6.28. The summed E-state index contributed by atoms with van der Waals surface area (Å²) >= 11 is 0. The summed E-state index contributed by atoms with van der Waals surface area (Å²) in [5.74, 6) is 0.306. The topological polar surface area (TPSA) is 75.5 Å². The van der Waals surface area contributed by atoms with Crippen molar-refractivity contribution in [2.24, 2.45) is 5.41 Å². The zero-order valence-electron chi connectivity index (χ0n) is 12.9. The van der Waals surface area contributed by atoms with Crippen LogP contribution in [-0.2, 0) is 4.79 Å². The van der Waals surface area contributed by atoms with E-state index >= 15 is 0 Å². The Hall–Kier alpha value is -1.85. The number of piperidine rings is 1. The molecule has 21 heavy (non-hydrogen) atoms. The van der Waals surface area contributed by atoms with Crippen LogP contribution in [-0.4, -0.2) is 40.2 Å². The first-order chi connectivity index (χ1) is 9.95. The largest absolute Gasteiger partial charge is 0.480 e. The molecule has 1 fully saturated rings. The third kappa shape index (κ3) is 3.43. The van der Waals surface area contributed by atoms with Gasteiger partial charge in [0.2, 0.25) is 5.88 Å². The smallest absolute Gasteiger partial charge is 0.326 e. The predicted molar refractivity (Wildman–Crippen MR) is 79.6 cm³/mol. The molecule has 1 unspecified atom stereocenters. The average molecular weight is 293 g/mol. The molecular weight excluding hydrogens is 270 g/mol. The van der Waals surface area contributed by atoms with Gasteiger partial charge in [-0.1, -0.05) is 20.8 Å². The SMILES string of the molecule is CCCOc1cc(N2CCCC(C)(C)C2C(=O)O)ncn1. The molecule has 6 nitrogen and oxygen atoms in total. The Balaban J connectivity index is 2.28. The second-order valence-electron chi connectivity index (χ2n) is 6.09. The number of carboxylic acid groups (broad SMARTS) is 1. The summed E-state index contributed by atoms with van der Waals surface area (Å²) in [6.07, 6.45) is 4.17. The van der Waals surface area contributed by atoms with Crippen molar-refractivity contribution < 1.29 is 14.6 Å². The van der Waals surface area contributed by atoms with E-state index in [1.165, 1.54) is 6.33 Å². The molecule has 6 heteroatoms. The van der Waals surface area contributed by atoms with Gasteiger partial charge in [0, 0.05) is 12.6 Å². The summed E-state index contributed by atoms with van der Waals surface area (Å²) in [5, 5.41) is 9.60. The van der Waals surface area contributed by atoms with Crippen LogP contribution in [0.5, 0.6) is 5.88 Å². The highest BCUT2D eigenvalue weighted by molar-refractivity contribution is 5.79. The van der Waals surface area contributed by atoms with Gasteiger partial charge in [-0.2, -0.15) is 0 Å². The lowest BCUT2D eigenvalue weighted by Crippen LogP contribution is -2.54. The molecule has 116 valence electrons. The zero-order valence-corrected chi connectivity index (χ0v) is 12.9. The molecule has 2 heterocycles. The van der Waals surface area contributed by atoms with Gasteiger partial charge in [0.1, 0.15) is 18.2 Å². The van der Waals surface area contributed by atoms with E-state index in [-0.39, 0.29) is 5.41 Å². The van der Waals surface area contributed by atoms with Crippen molar-refractivity contribution in [3.63, 3.8) is 0 Å². The van der Waals surface area contributed by atoms with E-state index < -0.39 is 12.0 Å². The number of aromatic nitrogens is 2. The Morgan fingerprint density at radius 2 is 2.29 bits per heavy atom. The van der Waals surface area contributed by atoms with Crippen molar-refractivity contribution in [2.45, 2.75) is 46.1 Å². The molecular formula is C15H23N3O3. The van der Waals surface area contributed by atoms with Crippen molar-refractivity contribution in [1.29, 1.82) is 0 Å². The molecule has 0 radical (unpaired) electrons. The number of aliphatic carboxylic acids is 1. The van der Waals surface area contributed by atoms with Gasteiger partial charge >= 0.3 is 5.97 Å². The summed E-state index contributed by atoms with van der Waals surface area (Å²) in [6, 6.07) is 1.15. The molecule has 0 saturated carbocycles. The van der Waals surface area contributed by atoms with Gasteiger partial charge in [0.15, 0.2) is 0 Å². The van der Waals surface area contributed by atoms with E-state index in [0.29, 0.717) is 24.8 Å². The standard InChI is InChI=1S/C15H23N3O3/c1-4-8-21-12-9-11(16-10-17-12)18-7-5-6-15(2,3)13(18)14(19)20/h9-10,13H,4-8H2,1-3H3,(H,19,20).